The molecule has 0 bridgehead atoms. The SMILES string of the molecule is COc1ccc(OC)c(-c2coc3cc(OC)c(/C(C)=C/C(=O)Nc4ccc(SC)cc4)cc23)c1. The van der Waals surface area contributed by atoms with E-state index >= 15 is 0 Å². The van der Waals surface area contributed by atoms with Crippen LogP contribution in [-0.2, 0) is 4.79 Å². The molecule has 0 saturated heterocycles. The molecule has 3 aromatic carbocycles. The van der Waals surface area contributed by atoms with Gasteiger partial charge >= 0.3 is 0 Å². The molecule has 180 valence electrons. The van der Waals surface area contributed by atoms with Crippen molar-refractivity contribution in [2.45, 2.75) is 11.8 Å². The van der Waals surface area contributed by atoms with Crippen LogP contribution >= 0.6 is 11.8 Å². The predicted molar refractivity (Wildman–Crippen MR) is 142 cm³/mol. The Labute approximate surface area is 208 Å². The van der Waals surface area contributed by atoms with Gasteiger partial charge < -0.3 is 23.9 Å². The number of hydrogen-bond acceptors (Lipinski definition) is 6. The van der Waals surface area contributed by atoms with Crippen LogP contribution in [0.1, 0.15) is 12.5 Å². The molecule has 1 amide bonds. The molecule has 0 spiro atoms. The van der Waals surface area contributed by atoms with Gasteiger partial charge in [0, 0.05) is 44.8 Å². The van der Waals surface area contributed by atoms with Gasteiger partial charge in [-0.25, -0.2) is 0 Å². The molecule has 1 N–H and O–H groups in total. The second kappa shape index (κ2) is 10.6. The summed E-state index contributed by atoms with van der Waals surface area (Å²) >= 11 is 1.65. The first kappa shape index (κ1) is 24.3. The van der Waals surface area contributed by atoms with Crippen molar-refractivity contribution in [1.82, 2.24) is 0 Å². The van der Waals surface area contributed by atoms with E-state index in [0.29, 0.717) is 22.8 Å². The summed E-state index contributed by atoms with van der Waals surface area (Å²) in [6.45, 7) is 1.88. The Bertz CT molecular complexity index is 1390. The fourth-order valence-corrected chi connectivity index (χ4v) is 4.30. The zero-order valence-electron chi connectivity index (χ0n) is 20.3. The molecule has 1 heterocycles. The monoisotopic (exact) mass is 489 g/mol. The third-order valence-electron chi connectivity index (χ3n) is 5.72. The summed E-state index contributed by atoms with van der Waals surface area (Å²) in [4.78, 5) is 13.9. The van der Waals surface area contributed by atoms with E-state index in [1.165, 1.54) is 0 Å². The van der Waals surface area contributed by atoms with E-state index in [9.17, 15) is 4.79 Å². The lowest BCUT2D eigenvalue weighted by Crippen LogP contribution is -2.08. The quantitative estimate of drug-likeness (QED) is 0.215. The topological polar surface area (TPSA) is 69.9 Å². The molecule has 35 heavy (non-hydrogen) atoms. The molecular weight excluding hydrogens is 462 g/mol. The number of fused-ring (bicyclic) bond motifs is 1. The third-order valence-corrected chi connectivity index (χ3v) is 6.47. The maximum atomic E-state index is 12.7. The number of thioether (sulfide) groups is 1. The highest BCUT2D eigenvalue weighted by molar-refractivity contribution is 7.98. The maximum Gasteiger partial charge on any atom is 0.248 e. The van der Waals surface area contributed by atoms with Gasteiger partial charge in [0.2, 0.25) is 5.91 Å². The van der Waals surface area contributed by atoms with Gasteiger partial charge in [0.05, 0.1) is 27.6 Å². The summed E-state index contributed by atoms with van der Waals surface area (Å²) in [7, 11) is 4.85. The van der Waals surface area contributed by atoms with Gasteiger partial charge in [-0.2, -0.15) is 0 Å². The fraction of sp³-hybridized carbons (Fsp3) is 0.179. The van der Waals surface area contributed by atoms with Crippen molar-refractivity contribution in [3.8, 4) is 28.4 Å². The van der Waals surface area contributed by atoms with E-state index in [0.717, 1.165) is 38.2 Å². The maximum absolute atomic E-state index is 12.7. The van der Waals surface area contributed by atoms with E-state index in [2.05, 4.69) is 5.32 Å². The Kier molecular flexibility index (Phi) is 7.36. The normalized spacial score (nSPS) is 11.4. The molecule has 0 aliphatic heterocycles. The summed E-state index contributed by atoms with van der Waals surface area (Å²) in [5, 5.41) is 3.78. The second-order valence-electron chi connectivity index (χ2n) is 7.81. The minimum absolute atomic E-state index is 0.219. The van der Waals surface area contributed by atoms with Gasteiger partial charge in [-0.3, -0.25) is 4.79 Å². The number of carbonyl (C=O) groups is 1. The van der Waals surface area contributed by atoms with Crippen LogP contribution in [0.15, 0.2) is 76.2 Å². The van der Waals surface area contributed by atoms with Crippen LogP contribution in [0.3, 0.4) is 0 Å². The highest BCUT2D eigenvalue weighted by Crippen LogP contribution is 2.41. The van der Waals surface area contributed by atoms with Gasteiger partial charge in [-0.1, -0.05) is 0 Å². The van der Waals surface area contributed by atoms with Crippen LogP contribution in [-0.4, -0.2) is 33.5 Å². The molecule has 6 nitrogen and oxygen atoms in total. The lowest BCUT2D eigenvalue weighted by Gasteiger charge is -2.12. The van der Waals surface area contributed by atoms with Crippen molar-refractivity contribution in [3.63, 3.8) is 0 Å². The molecule has 0 atom stereocenters. The molecule has 1 aromatic heterocycles. The molecule has 7 heteroatoms. The molecule has 0 saturated carbocycles. The Balaban J connectivity index is 1.72. The number of anilines is 1. The third kappa shape index (κ3) is 5.15. The lowest BCUT2D eigenvalue weighted by molar-refractivity contribution is -0.111. The van der Waals surface area contributed by atoms with Gasteiger partial charge in [0.15, 0.2) is 0 Å². The summed E-state index contributed by atoms with van der Waals surface area (Å²) in [6.07, 6.45) is 5.27. The number of benzene rings is 3. The van der Waals surface area contributed by atoms with Gasteiger partial charge in [0.1, 0.15) is 22.8 Å². The first-order chi connectivity index (χ1) is 17.0. The second-order valence-corrected chi connectivity index (χ2v) is 8.69. The molecule has 4 aromatic rings. The van der Waals surface area contributed by atoms with Crippen molar-refractivity contribution in [2.75, 3.05) is 32.9 Å². The van der Waals surface area contributed by atoms with Gasteiger partial charge in [0.25, 0.3) is 0 Å². The number of amides is 1. The lowest BCUT2D eigenvalue weighted by atomic mass is 9.98. The standard InChI is InChI=1S/C28H27NO5S/c1-17(12-28(30)29-18-6-9-20(35-5)10-7-18)21-14-23-24(16-34-27(23)15-26(21)33-4)22-13-19(31-2)8-11-25(22)32-3/h6-16H,1-5H3,(H,29,30)/b17-12+. The minimum Gasteiger partial charge on any atom is -0.497 e. The van der Waals surface area contributed by atoms with E-state index in [1.54, 1.807) is 45.4 Å². The first-order valence-electron chi connectivity index (χ1n) is 10.9. The highest BCUT2D eigenvalue weighted by atomic mass is 32.2. The molecular formula is C28H27NO5S. The Morgan fingerprint density at radius 3 is 2.31 bits per heavy atom. The van der Waals surface area contributed by atoms with Crippen LogP contribution in [0, 0.1) is 0 Å². The van der Waals surface area contributed by atoms with E-state index in [-0.39, 0.29) is 5.91 Å². The number of ether oxygens (including phenoxy) is 3. The van der Waals surface area contributed by atoms with Gasteiger partial charge in [-0.15, -0.1) is 11.8 Å². The molecule has 0 radical (unpaired) electrons. The molecule has 0 aliphatic carbocycles. The van der Waals surface area contributed by atoms with Crippen molar-refractivity contribution in [3.05, 3.63) is 72.5 Å². The zero-order valence-corrected chi connectivity index (χ0v) is 21.1. The average Bonchev–Trinajstić information content (AvgIpc) is 3.30. The summed E-state index contributed by atoms with van der Waals surface area (Å²) < 4.78 is 22.5. The number of allylic oxidation sites excluding steroid dienone is 1. The number of hydrogen-bond donors (Lipinski definition) is 1. The predicted octanol–water partition coefficient (Wildman–Crippen LogP) is 6.89. The number of methoxy groups -OCH3 is 3. The smallest absolute Gasteiger partial charge is 0.248 e. The Hall–Kier alpha value is -3.84. The molecule has 0 unspecified atom stereocenters. The largest absolute Gasteiger partial charge is 0.497 e. The van der Waals surface area contributed by atoms with Crippen molar-refractivity contribution in [1.29, 1.82) is 0 Å². The van der Waals surface area contributed by atoms with Crippen molar-refractivity contribution in [2.24, 2.45) is 0 Å². The Morgan fingerprint density at radius 2 is 1.66 bits per heavy atom. The zero-order chi connectivity index (χ0) is 24.9. The number of rotatable bonds is 8. The molecule has 0 fully saturated rings. The van der Waals surface area contributed by atoms with E-state index < -0.39 is 0 Å². The van der Waals surface area contributed by atoms with Crippen molar-refractivity contribution >= 4 is 39.9 Å². The fourth-order valence-electron chi connectivity index (χ4n) is 3.89. The molecule has 0 aliphatic rings. The summed E-state index contributed by atoms with van der Waals surface area (Å²) in [5.41, 5.74) is 4.64. The Morgan fingerprint density at radius 1 is 0.914 bits per heavy atom. The average molecular weight is 490 g/mol. The van der Waals surface area contributed by atoms with E-state index in [1.807, 2.05) is 67.8 Å². The number of furan rings is 1. The van der Waals surface area contributed by atoms with Gasteiger partial charge in [-0.05, 0) is 67.3 Å². The summed E-state index contributed by atoms with van der Waals surface area (Å²) in [6, 6.07) is 17.1. The minimum atomic E-state index is -0.219. The van der Waals surface area contributed by atoms with Crippen LogP contribution in [0.2, 0.25) is 0 Å². The first-order valence-corrected chi connectivity index (χ1v) is 12.1. The van der Waals surface area contributed by atoms with Crippen LogP contribution in [0.25, 0.3) is 27.7 Å². The number of nitrogens with one attached hydrogen (secondary N) is 1. The van der Waals surface area contributed by atoms with Crippen LogP contribution in [0.5, 0.6) is 17.2 Å². The van der Waals surface area contributed by atoms with E-state index in [4.69, 9.17) is 18.6 Å². The van der Waals surface area contributed by atoms with Crippen LogP contribution < -0.4 is 19.5 Å². The highest BCUT2D eigenvalue weighted by Gasteiger charge is 2.18. The van der Waals surface area contributed by atoms with Crippen LogP contribution in [0.4, 0.5) is 5.69 Å². The van der Waals surface area contributed by atoms with Crippen molar-refractivity contribution < 1.29 is 23.4 Å². The number of carbonyl (C=O) groups excluding carboxylic acids is 1. The summed E-state index contributed by atoms with van der Waals surface area (Å²) in [5.74, 6) is 1.80. The molecule has 4 rings (SSSR count).